The highest BCUT2D eigenvalue weighted by Gasteiger charge is 2.21. The lowest BCUT2D eigenvalue weighted by molar-refractivity contribution is -0.132. The Kier molecular flexibility index (Phi) is 6.35. The lowest BCUT2D eigenvalue weighted by Gasteiger charge is -2.29. The molecule has 0 aliphatic carbocycles. The molecular formula is C23H26N6O2. The van der Waals surface area contributed by atoms with Crippen molar-refractivity contribution >= 4 is 17.5 Å². The standard InChI is InChI=1S/C23H26N6O2/c1-17-2-4-18(5-3-17)6-9-22(30)25-21-8-7-19-10-12-28(15-20(19)14-21)23(31)11-13-29-16-24-26-27-29/h2-5,7-8,14,16H,6,9-13,15H2,1H3,(H,25,30). The molecule has 2 heterocycles. The van der Waals surface area contributed by atoms with Crippen LogP contribution in [0.5, 0.6) is 0 Å². The van der Waals surface area contributed by atoms with Crippen LogP contribution in [-0.2, 0) is 35.5 Å². The van der Waals surface area contributed by atoms with Gasteiger partial charge in [0, 0.05) is 31.6 Å². The molecule has 0 unspecified atom stereocenters. The van der Waals surface area contributed by atoms with Crippen molar-refractivity contribution in [3.63, 3.8) is 0 Å². The number of benzene rings is 2. The number of carbonyl (C=O) groups is 2. The zero-order chi connectivity index (χ0) is 21.6. The molecular weight excluding hydrogens is 392 g/mol. The van der Waals surface area contributed by atoms with E-state index in [1.165, 1.54) is 17.5 Å². The van der Waals surface area contributed by atoms with Crippen LogP contribution in [0.1, 0.15) is 35.1 Å². The van der Waals surface area contributed by atoms with Crippen molar-refractivity contribution in [3.8, 4) is 0 Å². The Bertz CT molecular complexity index is 1050. The van der Waals surface area contributed by atoms with E-state index in [4.69, 9.17) is 0 Å². The molecule has 31 heavy (non-hydrogen) atoms. The molecule has 0 spiro atoms. The van der Waals surface area contributed by atoms with E-state index >= 15 is 0 Å². The van der Waals surface area contributed by atoms with Gasteiger partial charge in [-0.25, -0.2) is 4.68 Å². The lowest BCUT2D eigenvalue weighted by atomic mass is 9.98. The van der Waals surface area contributed by atoms with Crippen molar-refractivity contribution in [1.29, 1.82) is 0 Å². The molecule has 0 saturated carbocycles. The van der Waals surface area contributed by atoms with E-state index in [1.807, 2.05) is 23.1 Å². The third-order valence-electron chi connectivity index (χ3n) is 5.56. The average molecular weight is 419 g/mol. The van der Waals surface area contributed by atoms with Gasteiger partial charge in [-0.2, -0.15) is 0 Å². The first-order valence-electron chi connectivity index (χ1n) is 10.5. The molecule has 1 aromatic heterocycles. The van der Waals surface area contributed by atoms with Gasteiger partial charge in [-0.15, -0.1) is 5.10 Å². The fraction of sp³-hybridized carbons (Fsp3) is 0.348. The maximum atomic E-state index is 12.6. The van der Waals surface area contributed by atoms with Crippen molar-refractivity contribution in [2.75, 3.05) is 11.9 Å². The van der Waals surface area contributed by atoms with E-state index < -0.39 is 0 Å². The third-order valence-corrected chi connectivity index (χ3v) is 5.56. The predicted molar refractivity (Wildman–Crippen MR) is 116 cm³/mol. The van der Waals surface area contributed by atoms with Crippen LogP contribution in [0, 0.1) is 6.92 Å². The van der Waals surface area contributed by atoms with Crippen LogP contribution in [-0.4, -0.2) is 43.5 Å². The summed E-state index contributed by atoms with van der Waals surface area (Å²) in [5.74, 6) is 0.0689. The zero-order valence-corrected chi connectivity index (χ0v) is 17.6. The van der Waals surface area contributed by atoms with Gasteiger partial charge in [-0.3, -0.25) is 9.59 Å². The van der Waals surface area contributed by atoms with Gasteiger partial charge in [-0.05, 0) is 59.0 Å². The first kappa shape index (κ1) is 20.7. The smallest absolute Gasteiger partial charge is 0.224 e. The Labute approximate surface area is 181 Å². The minimum Gasteiger partial charge on any atom is -0.338 e. The van der Waals surface area contributed by atoms with Gasteiger partial charge < -0.3 is 10.2 Å². The quantitative estimate of drug-likeness (QED) is 0.636. The van der Waals surface area contributed by atoms with Gasteiger partial charge in [0.25, 0.3) is 0 Å². The van der Waals surface area contributed by atoms with Gasteiger partial charge in [0.05, 0.1) is 6.54 Å². The summed E-state index contributed by atoms with van der Waals surface area (Å²) in [7, 11) is 0. The molecule has 0 atom stereocenters. The monoisotopic (exact) mass is 418 g/mol. The van der Waals surface area contributed by atoms with Gasteiger partial charge in [0.15, 0.2) is 0 Å². The number of hydrogen-bond acceptors (Lipinski definition) is 5. The summed E-state index contributed by atoms with van der Waals surface area (Å²) in [6, 6.07) is 14.2. The second-order valence-corrected chi connectivity index (χ2v) is 7.91. The van der Waals surface area contributed by atoms with Crippen LogP contribution in [0.4, 0.5) is 5.69 Å². The summed E-state index contributed by atoms with van der Waals surface area (Å²) >= 11 is 0. The van der Waals surface area contributed by atoms with Gasteiger partial charge >= 0.3 is 0 Å². The normalized spacial score (nSPS) is 13.0. The zero-order valence-electron chi connectivity index (χ0n) is 17.6. The molecule has 0 fully saturated rings. The summed E-state index contributed by atoms with van der Waals surface area (Å²) in [6.07, 6.45) is 3.82. The van der Waals surface area contributed by atoms with Crippen molar-refractivity contribution in [1.82, 2.24) is 25.1 Å². The molecule has 8 heteroatoms. The maximum absolute atomic E-state index is 12.6. The molecule has 3 aromatic rings. The molecule has 2 amide bonds. The van der Waals surface area contributed by atoms with E-state index in [2.05, 4.69) is 52.0 Å². The highest BCUT2D eigenvalue weighted by atomic mass is 16.2. The van der Waals surface area contributed by atoms with Crippen molar-refractivity contribution in [3.05, 3.63) is 71.0 Å². The molecule has 1 aliphatic rings. The molecule has 8 nitrogen and oxygen atoms in total. The van der Waals surface area contributed by atoms with Crippen LogP contribution >= 0.6 is 0 Å². The topological polar surface area (TPSA) is 93.0 Å². The summed E-state index contributed by atoms with van der Waals surface area (Å²) in [5.41, 5.74) is 5.45. The summed E-state index contributed by atoms with van der Waals surface area (Å²) < 4.78 is 1.56. The number of tetrazole rings is 1. The van der Waals surface area contributed by atoms with E-state index in [0.29, 0.717) is 38.9 Å². The maximum Gasteiger partial charge on any atom is 0.224 e. The first-order valence-corrected chi connectivity index (χ1v) is 10.5. The number of anilines is 1. The molecule has 1 N–H and O–H groups in total. The fourth-order valence-corrected chi connectivity index (χ4v) is 3.73. The molecule has 0 bridgehead atoms. The van der Waals surface area contributed by atoms with Gasteiger partial charge in [-0.1, -0.05) is 35.9 Å². The van der Waals surface area contributed by atoms with Crippen LogP contribution in [0.2, 0.25) is 0 Å². The molecule has 2 aromatic carbocycles. The minimum atomic E-state index is -0.00860. The van der Waals surface area contributed by atoms with Gasteiger partial charge in [0.1, 0.15) is 6.33 Å². The Morgan fingerprint density at radius 2 is 1.90 bits per heavy atom. The number of aryl methyl sites for hydroxylation is 3. The van der Waals surface area contributed by atoms with Crippen LogP contribution in [0.25, 0.3) is 0 Å². The van der Waals surface area contributed by atoms with Crippen LogP contribution < -0.4 is 5.32 Å². The summed E-state index contributed by atoms with van der Waals surface area (Å²) in [6.45, 7) is 3.77. The number of aromatic nitrogens is 4. The second kappa shape index (κ2) is 9.51. The predicted octanol–water partition coefficient (Wildman–Crippen LogP) is 2.53. The Morgan fingerprint density at radius 1 is 1.06 bits per heavy atom. The molecule has 1 aliphatic heterocycles. The van der Waals surface area contributed by atoms with Crippen molar-refractivity contribution < 1.29 is 9.59 Å². The molecule has 0 saturated heterocycles. The second-order valence-electron chi connectivity index (χ2n) is 7.91. The minimum absolute atomic E-state index is 0.00860. The molecule has 160 valence electrons. The Balaban J connectivity index is 1.31. The van der Waals surface area contributed by atoms with E-state index in [9.17, 15) is 9.59 Å². The number of carbonyl (C=O) groups excluding carboxylic acids is 2. The SMILES string of the molecule is Cc1ccc(CCC(=O)Nc2ccc3c(c2)CN(C(=O)CCn2cnnn2)CC3)cc1. The highest BCUT2D eigenvalue weighted by molar-refractivity contribution is 5.91. The number of nitrogens with zero attached hydrogens (tertiary/aromatic N) is 5. The lowest BCUT2D eigenvalue weighted by Crippen LogP contribution is -2.36. The highest BCUT2D eigenvalue weighted by Crippen LogP contribution is 2.23. The number of fused-ring (bicyclic) bond motifs is 1. The Hall–Kier alpha value is -3.55. The van der Waals surface area contributed by atoms with Gasteiger partial charge in [0.2, 0.25) is 11.8 Å². The van der Waals surface area contributed by atoms with E-state index in [1.54, 1.807) is 4.68 Å². The van der Waals surface area contributed by atoms with Crippen LogP contribution in [0.3, 0.4) is 0 Å². The largest absolute Gasteiger partial charge is 0.338 e. The summed E-state index contributed by atoms with van der Waals surface area (Å²) in [4.78, 5) is 26.8. The van der Waals surface area contributed by atoms with Crippen LogP contribution in [0.15, 0.2) is 48.8 Å². The molecule has 4 rings (SSSR count). The van der Waals surface area contributed by atoms with E-state index in [-0.39, 0.29) is 11.8 Å². The molecule has 0 radical (unpaired) electrons. The summed E-state index contributed by atoms with van der Waals surface area (Å²) in [5, 5.41) is 13.9. The number of hydrogen-bond donors (Lipinski definition) is 1. The van der Waals surface area contributed by atoms with Crippen molar-refractivity contribution in [2.45, 2.75) is 45.7 Å². The fourth-order valence-electron chi connectivity index (χ4n) is 3.73. The number of rotatable bonds is 7. The Morgan fingerprint density at radius 3 is 2.68 bits per heavy atom. The average Bonchev–Trinajstić information content (AvgIpc) is 3.30. The van der Waals surface area contributed by atoms with Crippen molar-refractivity contribution in [2.24, 2.45) is 0 Å². The van der Waals surface area contributed by atoms with E-state index in [0.717, 1.165) is 23.2 Å². The third kappa shape index (κ3) is 5.53. The number of nitrogens with one attached hydrogen (secondary N) is 1. The number of amides is 2. The first-order chi connectivity index (χ1) is 15.1.